The minimum absolute atomic E-state index is 0.0469. The average Bonchev–Trinajstić information content (AvgIpc) is 3.44. The van der Waals surface area contributed by atoms with E-state index in [9.17, 15) is 15.0 Å². The summed E-state index contributed by atoms with van der Waals surface area (Å²) >= 11 is 0. The maximum Gasteiger partial charge on any atom is 0.330 e. The maximum atomic E-state index is 12.3. The van der Waals surface area contributed by atoms with Crippen LogP contribution in [0.15, 0.2) is 23.8 Å². The molecule has 0 unspecified atom stereocenters. The molecule has 154 valence electrons. The summed E-state index contributed by atoms with van der Waals surface area (Å²) in [6, 6.07) is 3.75. The molecule has 2 heterocycles. The number of likely N-dealkylation sites (tertiary alicyclic amines) is 1. The maximum absolute atomic E-state index is 12.3. The zero-order valence-electron chi connectivity index (χ0n) is 16.7. The lowest BCUT2D eigenvalue weighted by molar-refractivity contribution is -0.175. The molecule has 2 aliphatic heterocycles. The Labute approximate surface area is 170 Å². The third-order valence-electron chi connectivity index (χ3n) is 8.15. The van der Waals surface area contributed by atoms with Crippen molar-refractivity contribution in [3.05, 3.63) is 34.9 Å². The number of nitrogens with zero attached hydrogens (tertiary/aromatic N) is 1. The van der Waals surface area contributed by atoms with Gasteiger partial charge in [0.2, 0.25) is 0 Å². The van der Waals surface area contributed by atoms with Crippen LogP contribution in [0, 0.1) is 5.92 Å². The van der Waals surface area contributed by atoms with Gasteiger partial charge in [0.15, 0.2) is 11.5 Å². The molecular formula is C23H27NO5. The first-order chi connectivity index (χ1) is 14.0. The molecule has 1 spiro atoms. The lowest BCUT2D eigenvalue weighted by Crippen LogP contribution is -2.75. The molecule has 1 saturated heterocycles. The largest absolute Gasteiger partial charge is 0.504 e. The van der Waals surface area contributed by atoms with Crippen molar-refractivity contribution in [2.45, 2.75) is 61.7 Å². The first-order valence-corrected chi connectivity index (χ1v) is 10.7. The van der Waals surface area contributed by atoms with Crippen LogP contribution in [0.4, 0.5) is 0 Å². The van der Waals surface area contributed by atoms with E-state index < -0.39 is 23.1 Å². The summed E-state index contributed by atoms with van der Waals surface area (Å²) in [5, 5.41) is 22.8. The Balaban J connectivity index is 1.53. The van der Waals surface area contributed by atoms with Crippen LogP contribution in [-0.2, 0) is 21.4 Å². The van der Waals surface area contributed by atoms with Gasteiger partial charge in [-0.25, -0.2) is 4.79 Å². The second-order valence-corrected chi connectivity index (χ2v) is 9.49. The molecule has 2 saturated carbocycles. The molecule has 2 bridgehead atoms. The van der Waals surface area contributed by atoms with E-state index in [1.54, 1.807) is 6.07 Å². The molecule has 6 heteroatoms. The van der Waals surface area contributed by atoms with Crippen LogP contribution in [0.3, 0.4) is 0 Å². The van der Waals surface area contributed by atoms with Gasteiger partial charge in [-0.3, -0.25) is 4.90 Å². The lowest BCUT2D eigenvalue weighted by atomic mass is 9.48. The minimum atomic E-state index is -0.926. The molecule has 3 fully saturated rings. The number of esters is 1. The Morgan fingerprint density at radius 3 is 2.97 bits per heavy atom. The second-order valence-electron chi connectivity index (χ2n) is 9.49. The predicted octanol–water partition coefficient (Wildman–Crippen LogP) is 2.06. The zero-order chi connectivity index (χ0) is 20.0. The number of hydrogen-bond donors (Lipinski definition) is 2. The first-order valence-electron chi connectivity index (χ1n) is 10.7. The van der Waals surface area contributed by atoms with E-state index in [4.69, 9.17) is 9.47 Å². The van der Waals surface area contributed by atoms with Crippen LogP contribution < -0.4 is 4.74 Å². The number of carbonyl (C=O) groups excluding carboxylic acids is 1. The van der Waals surface area contributed by atoms with Gasteiger partial charge in [-0.1, -0.05) is 6.07 Å². The Morgan fingerprint density at radius 1 is 1.38 bits per heavy atom. The molecule has 0 aromatic heterocycles. The summed E-state index contributed by atoms with van der Waals surface area (Å²) in [5.74, 6) is 0.978. The summed E-state index contributed by atoms with van der Waals surface area (Å²) < 4.78 is 11.2. The molecule has 6 rings (SSSR count). The summed E-state index contributed by atoms with van der Waals surface area (Å²) in [4.78, 5) is 14.5. The molecular weight excluding hydrogens is 370 g/mol. The van der Waals surface area contributed by atoms with E-state index in [0.717, 1.165) is 48.5 Å². The highest BCUT2D eigenvalue weighted by Crippen LogP contribution is 2.66. The number of benzene rings is 1. The van der Waals surface area contributed by atoms with Crippen molar-refractivity contribution in [1.29, 1.82) is 0 Å². The number of aromatic hydroxyl groups is 1. The fourth-order valence-corrected chi connectivity index (χ4v) is 6.69. The lowest BCUT2D eigenvalue weighted by Gasteiger charge is -2.63. The van der Waals surface area contributed by atoms with Crippen LogP contribution in [-0.4, -0.2) is 59.0 Å². The van der Waals surface area contributed by atoms with Crippen LogP contribution >= 0.6 is 0 Å². The number of ether oxygens (including phenoxy) is 2. The van der Waals surface area contributed by atoms with E-state index in [0.29, 0.717) is 18.6 Å². The van der Waals surface area contributed by atoms with Crippen molar-refractivity contribution in [1.82, 2.24) is 4.90 Å². The van der Waals surface area contributed by atoms with Crippen molar-refractivity contribution in [3.8, 4) is 11.5 Å². The smallest absolute Gasteiger partial charge is 0.330 e. The Hall–Kier alpha value is -2.05. The predicted molar refractivity (Wildman–Crippen MR) is 105 cm³/mol. The van der Waals surface area contributed by atoms with Crippen LogP contribution in [0.5, 0.6) is 11.5 Å². The van der Waals surface area contributed by atoms with Gasteiger partial charge in [0, 0.05) is 24.2 Å². The van der Waals surface area contributed by atoms with Gasteiger partial charge in [-0.15, -0.1) is 0 Å². The van der Waals surface area contributed by atoms with E-state index in [1.165, 1.54) is 26.0 Å². The molecule has 1 aromatic rings. The topological polar surface area (TPSA) is 79.2 Å². The Kier molecular flexibility index (Phi) is 3.53. The van der Waals surface area contributed by atoms with E-state index in [1.807, 2.05) is 6.07 Å². The molecule has 2 N–H and O–H groups in total. The third-order valence-corrected chi connectivity index (χ3v) is 8.15. The molecule has 4 atom stereocenters. The van der Waals surface area contributed by atoms with Crippen molar-refractivity contribution in [2.24, 2.45) is 5.92 Å². The fraction of sp³-hybridized carbons (Fsp3) is 0.609. The molecule has 6 nitrogen and oxygen atoms in total. The number of aliphatic hydroxyl groups is 1. The number of rotatable bonds is 3. The minimum Gasteiger partial charge on any atom is -0.504 e. The highest BCUT2D eigenvalue weighted by molar-refractivity contribution is 5.83. The van der Waals surface area contributed by atoms with E-state index in [-0.39, 0.29) is 11.8 Å². The van der Waals surface area contributed by atoms with Gasteiger partial charge in [0.05, 0.1) is 18.1 Å². The fourth-order valence-electron chi connectivity index (χ4n) is 6.69. The van der Waals surface area contributed by atoms with Crippen molar-refractivity contribution < 1.29 is 24.5 Å². The van der Waals surface area contributed by atoms with Gasteiger partial charge in [-0.05, 0) is 68.2 Å². The van der Waals surface area contributed by atoms with Gasteiger partial charge in [0.1, 0.15) is 6.10 Å². The van der Waals surface area contributed by atoms with Crippen LogP contribution in [0.1, 0.15) is 43.2 Å². The van der Waals surface area contributed by atoms with Crippen molar-refractivity contribution in [3.63, 3.8) is 0 Å². The SMILES string of the molecule is COC(=O)C=C1CC[C@@]2(O)[C@H]3Cc4ccc(O)c5c4[C@@]2(CCN3CC2CC2)[C@H]1O5. The van der Waals surface area contributed by atoms with E-state index in [2.05, 4.69) is 4.90 Å². The van der Waals surface area contributed by atoms with E-state index >= 15 is 0 Å². The van der Waals surface area contributed by atoms with Gasteiger partial charge >= 0.3 is 5.97 Å². The number of phenolic OH excluding ortho intramolecular Hbond substituents is 1. The quantitative estimate of drug-likeness (QED) is 0.600. The molecule has 0 radical (unpaired) electrons. The van der Waals surface area contributed by atoms with Crippen molar-refractivity contribution in [2.75, 3.05) is 20.2 Å². The average molecular weight is 397 g/mol. The number of hydrogen-bond acceptors (Lipinski definition) is 6. The van der Waals surface area contributed by atoms with Gasteiger partial charge in [-0.2, -0.15) is 0 Å². The van der Waals surface area contributed by atoms with Gasteiger partial charge < -0.3 is 19.7 Å². The third kappa shape index (κ3) is 2.16. The first kappa shape index (κ1) is 17.8. The monoisotopic (exact) mass is 397 g/mol. The Morgan fingerprint density at radius 2 is 2.21 bits per heavy atom. The normalized spacial score (nSPS) is 38.5. The summed E-state index contributed by atoms with van der Waals surface area (Å²) in [7, 11) is 1.37. The number of piperidine rings is 1. The summed E-state index contributed by atoms with van der Waals surface area (Å²) in [6.07, 6.45) is 6.40. The van der Waals surface area contributed by atoms with Crippen molar-refractivity contribution >= 4 is 5.97 Å². The molecule has 0 amide bonds. The highest BCUT2D eigenvalue weighted by atomic mass is 16.5. The zero-order valence-corrected chi connectivity index (χ0v) is 16.7. The second kappa shape index (κ2) is 5.76. The summed E-state index contributed by atoms with van der Waals surface area (Å²) in [6.45, 7) is 1.96. The summed E-state index contributed by atoms with van der Waals surface area (Å²) in [5.41, 5.74) is 1.46. The molecule has 5 aliphatic rings. The molecule has 1 aromatic carbocycles. The molecule has 29 heavy (non-hydrogen) atoms. The van der Waals surface area contributed by atoms with Gasteiger partial charge in [0.25, 0.3) is 0 Å². The number of methoxy groups -OCH3 is 1. The van der Waals surface area contributed by atoms with Crippen LogP contribution in [0.2, 0.25) is 0 Å². The number of carbonyl (C=O) groups is 1. The highest BCUT2D eigenvalue weighted by Gasteiger charge is 2.72. The number of phenols is 1. The molecule has 3 aliphatic carbocycles. The van der Waals surface area contributed by atoms with Crippen LogP contribution in [0.25, 0.3) is 0 Å². The Bertz CT molecular complexity index is 937. The standard InChI is InChI=1S/C23H27NO5/c1-28-18(26)11-15-6-7-23(27)17-10-14-4-5-16(25)20-19(14)22(23,21(15)29-20)8-9-24(17)12-13-2-3-13/h4-5,11,13,17,21,25,27H,2-3,6-10,12H2,1H3/t17-,21+,22+,23-/m1/s1.